The van der Waals surface area contributed by atoms with Crippen LogP contribution in [0.3, 0.4) is 0 Å². The Morgan fingerprint density at radius 1 is 1.38 bits per heavy atom. The van der Waals surface area contributed by atoms with Crippen molar-refractivity contribution in [3.05, 3.63) is 48.1 Å². The summed E-state index contributed by atoms with van der Waals surface area (Å²) in [7, 11) is 0. The van der Waals surface area contributed by atoms with E-state index in [1.165, 1.54) is 18.2 Å². The Hall–Kier alpha value is -1.70. The van der Waals surface area contributed by atoms with E-state index in [1.807, 2.05) is 6.92 Å². The summed E-state index contributed by atoms with van der Waals surface area (Å²) >= 11 is 0. The van der Waals surface area contributed by atoms with Crippen LogP contribution in [-0.4, -0.2) is 11.6 Å². The van der Waals surface area contributed by atoms with Crippen molar-refractivity contribution < 1.29 is 9.59 Å². The molecule has 66 valence electrons. The van der Waals surface area contributed by atoms with Crippen molar-refractivity contribution in [1.82, 2.24) is 0 Å². The molecule has 0 saturated heterocycles. The van der Waals surface area contributed by atoms with Gasteiger partial charge in [-0.3, -0.25) is 9.59 Å². The van der Waals surface area contributed by atoms with Crippen LogP contribution in [0, 0.1) is 0 Å². The number of hydrogen-bond donors (Lipinski definition) is 0. The Bertz CT molecular complexity index is 354. The topological polar surface area (TPSA) is 34.1 Å². The second-order valence-corrected chi connectivity index (χ2v) is 2.79. The van der Waals surface area contributed by atoms with Crippen molar-refractivity contribution in [3.8, 4) is 0 Å². The van der Waals surface area contributed by atoms with Gasteiger partial charge in [-0.1, -0.05) is 18.2 Å². The van der Waals surface area contributed by atoms with E-state index in [1.54, 1.807) is 12.2 Å². The maximum Gasteiger partial charge on any atom is 0.186 e. The number of carbonyl (C=O) groups is 2. The lowest BCUT2D eigenvalue weighted by Gasteiger charge is -2.01. The van der Waals surface area contributed by atoms with Gasteiger partial charge in [0, 0.05) is 5.57 Å². The summed E-state index contributed by atoms with van der Waals surface area (Å²) in [6.45, 7) is 5.38. The summed E-state index contributed by atoms with van der Waals surface area (Å²) in [6.07, 6.45) is 7.16. The van der Waals surface area contributed by atoms with Gasteiger partial charge < -0.3 is 0 Å². The lowest BCUT2D eigenvalue weighted by atomic mass is 10.0. The molecule has 0 aromatic carbocycles. The molecule has 0 aromatic heterocycles. The molecule has 0 saturated carbocycles. The van der Waals surface area contributed by atoms with Crippen molar-refractivity contribution in [2.45, 2.75) is 6.92 Å². The van der Waals surface area contributed by atoms with Crippen molar-refractivity contribution >= 4 is 11.6 Å². The molecule has 0 bridgehead atoms. The lowest BCUT2D eigenvalue weighted by Crippen LogP contribution is -2.05. The van der Waals surface area contributed by atoms with Crippen LogP contribution in [0.25, 0.3) is 0 Å². The minimum absolute atomic E-state index is 0.138. The highest BCUT2D eigenvalue weighted by Crippen LogP contribution is 2.09. The van der Waals surface area contributed by atoms with E-state index in [9.17, 15) is 9.59 Å². The number of carbonyl (C=O) groups excluding carboxylic acids is 2. The van der Waals surface area contributed by atoms with Crippen LogP contribution in [0.15, 0.2) is 48.1 Å². The Morgan fingerprint density at radius 3 is 2.69 bits per heavy atom. The third-order valence-corrected chi connectivity index (χ3v) is 1.69. The summed E-state index contributed by atoms with van der Waals surface area (Å²) in [4.78, 5) is 22.1. The lowest BCUT2D eigenvalue weighted by molar-refractivity contribution is -0.114. The highest BCUT2D eigenvalue weighted by Gasteiger charge is 2.10. The van der Waals surface area contributed by atoms with Crippen LogP contribution in [0.2, 0.25) is 0 Å². The van der Waals surface area contributed by atoms with Gasteiger partial charge in [-0.15, -0.1) is 0 Å². The molecule has 0 atom stereocenters. The van der Waals surface area contributed by atoms with Crippen molar-refractivity contribution in [2.75, 3.05) is 0 Å². The fourth-order valence-electron chi connectivity index (χ4n) is 0.944. The van der Waals surface area contributed by atoms with Gasteiger partial charge in [-0.25, -0.2) is 0 Å². The maximum atomic E-state index is 11.2. The Morgan fingerprint density at radius 2 is 2.08 bits per heavy atom. The van der Waals surface area contributed by atoms with Gasteiger partial charge in [-0.05, 0) is 31.2 Å². The Kier molecular flexibility index (Phi) is 2.75. The van der Waals surface area contributed by atoms with E-state index in [-0.39, 0.29) is 11.6 Å². The van der Waals surface area contributed by atoms with Gasteiger partial charge in [0.2, 0.25) is 0 Å². The molecule has 0 fully saturated rings. The van der Waals surface area contributed by atoms with Crippen molar-refractivity contribution in [3.63, 3.8) is 0 Å². The second-order valence-electron chi connectivity index (χ2n) is 2.79. The van der Waals surface area contributed by atoms with Crippen LogP contribution in [-0.2, 0) is 9.59 Å². The number of allylic oxidation sites excluding steroid dienone is 7. The third kappa shape index (κ3) is 2.37. The molecule has 0 aromatic rings. The average molecular weight is 174 g/mol. The van der Waals surface area contributed by atoms with Gasteiger partial charge in [0.1, 0.15) is 0 Å². The van der Waals surface area contributed by atoms with Gasteiger partial charge in [0.05, 0.1) is 0 Å². The second kappa shape index (κ2) is 3.81. The molecule has 0 amide bonds. The van der Waals surface area contributed by atoms with Crippen molar-refractivity contribution in [1.29, 1.82) is 0 Å². The summed E-state index contributed by atoms with van der Waals surface area (Å²) in [5, 5.41) is 0. The number of ketones is 2. The molecule has 1 aliphatic rings. The van der Waals surface area contributed by atoms with Crippen LogP contribution in [0.1, 0.15) is 6.92 Å². The first-order valence-corrected chi connectivity index (χ1v) is 3.92. The first kappa shape index (κ1) is 9.39. The van der Waals surface area contributed by atoms with Gasteiger partial charge >= 0.3 is 0 Å². The Balaban J connectivity index is 2.98. The van der Waals surface area contributed by atoms with Crippen LogP contribution in [0.4, 0.5) is 0 Å². The molecular weight excluding hydrogens is 164 g/mol. The molecule has 1 aliphatic carbocycles. The minimum Gasteiger partial charge on any atom is -0.290 e. The molecular formula is C11H10O2. The first-order valence-electron chi connectivity index (χ1n) is 3.92. The zero-order valence-corrected chi connectivity index (χ0v) is 7.41. The molecule has 2 heteroatoms. The smallest absolute Gasteiger partial charge is 0.186 e. The van der Waals surface area contributed by atoms with Gasteiger partial charge in [0.15, 0.2) is 11.6 Å². The van der Waals surface area contributed by atoms with E-state index >= 15 is 0 Å². The quantitative estimate of drug-likeness (QED) is 0.472. The number of rotatable bonds is 2. The molecule has 0 spiro atoms. The molecule has 0 radical (unpaired) electrons. The van der Waals surface area contributed by atoms with Crippen LogP contribution in [0.5, 0.6) is 0 Å². The fraction of sp³-hybridized carbons (Fsp3) is 0.0909. The fourth-order valence-corrected chi connectivity index (χ4v) is 0.944. The largest absolute Gasteiger partial charge is 0.290 e. The van der Waals surface area contributed by atoms with E-state index in [4.69, 9.17) is 0 Å². The first-order chi connectivity index (χ1) is 6.13. The van der Waals surface area contributed by atoms with E-state index in [0.29, 0.717) is 5.57 Å². The summed E-state index contributed by atoms with van der Waals surface area (Å²) in [6, 6.07) is 0. The molecule has 0 heterocycles. The summed E-state index contributed by atoms with van der Waals surface area (Å²) in [5.41, 5.74) is 1.28. The molecule has 0 N–H and O–H groups in total. The standard InChI is InChI=1S/C11H10O2/c1-3-8(2)6-9-7-10(12)4-5-11(9)13/h3-7H,1H2,2H3. The monoisotopic (exact) mass is 174 g/mol. The minimum atomic E-state index is -0.150. The predicted molar refractivity (Wildman–Crippen MR) is 51.2 cm³/mol. The predicted octanol–water partition coefficient (Wildman–Crippen LogP) is 1.75. The molecule has 0 unspecified atom stereocenters. The molecule has 1 rings (SSSR count). The molecule has 13 heavy (non-hydrogen) atoms. The normalized spacial score (nSPS) is 17.3. The zero-order chi connectivity index (χ0) is 9.84. The van der Waals surface area contributed by atoms with Gasteiger partial charge in [-0.2, -0.15) is 0 Å². The maximum absolute atomic E-state index is 11.2. The SMILES string of the molecule is C=CC(C)=CC1=CC(=O)C=CC1=O. The zero-order valence-electron chi connectivity index (χ0n) is 7.41. The van der Waals surface area contributed by atoms with E-state index < -0.39 is 0 Å². The summed E-state index contributed by atoms with van der Waals surface area (Å²) in [5.74, 6) is -0.288. The third-order valence-electron chi connectivity index (χ3n) is 1.69. The van der Waals surface area contributed by atoms with E-state index in [2.05, 4.69) is 6.58 Å². The van der Waals surface area contributed by atoms with Crippen molar-refractivity contribution in [2.24, 2.45) is 0 Å². The van der Waals surface area contributed by atoms with Crippen LogP contribution >= 0.6 is 0 Å². The van der Waals surface area contributed by atoms with E-state index in [0.717, 1.165) is 5.57 Å². The highest BCUT2D eigenvalue weighted by molar-refractivity contribution is 6.18. The highest BCUT2D eigenvalue weighted by atomic mass is 16.1. The Labute approximate surface area is 76.9 Å². The average Bonchev–Trinajstić information content (AvgIpc) is 2.11. The molecule has 2 nitrogen and oxygen atoms in total. The number of hydrogen-bond acceptors (Lipinski definition) is 2. The summed E-state index contributed by atoms with van der Waals surface area (Å²) < 4.78 is 0. The molecule has 0 aliphatic heterocycles. The van der Waals surface area contributed by atoms with Gasteiger partial charge in [0.25, 0.3) is 0 Å². The van der Waals surface area contributed by atoms with Crippen LogP contribution < -0.4 is 0 Å².